The highest BCUT2D eigenvalue weighted by Crippen LogP contribution is 2.23. The number of hydrogen-bond donors (Lipinski definition) is 1. The van der Waals surface area contributed by atoms with Crippen LogP contribution in [0.4, 0.5) is 0 Å². The fourth-order valence-corrected chi connectivity index (χ4v) is 3.98. The molecule has 1 amide bonds. The summed E-state index contributed by atoms with van der Waals surface area (Å²) in [6.07, 6.45) is 1.03. The van der Waals surface area contributed by atoms with Gasteiger partial charge in [-0.15, -0.1) is 11.3 Å². The number of esters is 1. The van der Waals surface area contributed by atoms with Gasteiger partial charge in [-0.05, 0) is 18.6 Å². The fraction of sp³-hybridized carbons (Fsp3) is 0.600. The summed E-state index contributed by atoms with van der Waals surface area (Å²) in [4.78, 5) is 29.5. The van der Waals surface area contributed by atoms with E-state index in [2.05, 4.69) is 15.0 Å². The van der Waals surface area contributed by atoms with E-state index in [0.717, 1.165) is 45.7 Å². The summed E-state index contributed by atoms with van der Waals surface area (Å²) in [7, 11) is 1.35. The van der Waals surface area contributed by atoms with Gasteiger partial charge in [-0.2, -0.15) is 0 Å². The maximum absolute atomic E-state index is 12.6. The van der Waals surface area contributed by atoms with Crippen LogP contribution in [-0.2, 0) is 4.74 Å². The van der Waals surface area contributed by atoms with Gasteiger partial charge >= 0.3 is 5.97 Å². The zero-order valence-electron chi connectivity index (χ0n) is 12.7. The van der Waals surface area contributed by atoms with Gasteiger partial charge in [-0.3, -0.25) is 9.69 Å². The zero-order chi connectivity index (χ0) is 15.5. The van der Waals surface area contributed by atoms with E-state index in [-0.39, 0.29) is 11.9 Å². The minimum atomic E-state index is -0.385. The second-order valence-corrected chi connectivity index (χ2v) is 6.72. The van der Waals surface area contributed by atoms with Gasteiger partial charge in [-0.1, -0.05) is 0 Å². The van der Waals surface area contributed by atoms with Crippen LogP contribution in [0, 0.1) is 0 Å². The Labute approximate surface area is 134 Å². The molecular formula is C15H21N3O3S. The normalized spacial score (nSPS) is 22.8. The van der Waals surface area contributed by atoms with E-state index in [1.165, 1.54) is 18.4 Å². The van der Waals surface area contributed by atoms with Gasteiger partial charge in [0.25, 0.3) is 5.91 Å². The molecule has 0 spiro atoms. The summed E-state index contributed by atoms with van der Waals surface area (Å²) in [5, 5.41) is 3.35. The van der Waals surface area contributed by atoms with Crippen LogP contribution in [0.25, 0.3) is 0 Å². The molecule has 0 radical (unpaired) electrons. The molecule has 2 fully saturated rings. The van der Waals surface area contributed by atoms with Gasteiger partial charge in [0.05, 0.1) is 12.0 Å². The standard InChI is InChI=1S/C15H21N3O3S/c1-21-15(20)13-3-2-12(22-13)14(19)18-7-4-11(10-18)17-8-5-16-6-9-17/h2-3,11,16H,4-10H2,1H3. The monoisotopic (exact) mass is 323 g/mol. The van der Waals surface area contributed by atoms with Crippen molar-refractivity contribution < 1.29 is 14.3 Å². The van der Waals surface area contributed by atoms with Crippen LogP contribution in [0.15, 0.2) is 12.1 Å². The number of nitrogens with one attached hydrogen (secondary N) is 1. The van der Waals surface area contributed by atoms with Gasteiger partial charge in [0.1, 0.15) is 4.88 Å². The first-order valence-electron chi connectivity index (χ1n) is 7.61. The Kier molecular flexibility index (Phi) is 4.75. The first-order chi connectivity index (χ1) is 10.7. The smallest absolute Gasteiger partial charge is 0.348 e. The molecule has 0 aromatic carbocycles. The van der Waals surface area contributed by atoms with E-state index in [1.54, 1.807) is 12.1 Å². The molecule has 1 atom stereocenters. The predicted molar refractivity (Wildman–Crippen MR) is 84.4 cm³/mol. The molecule has 22 heavy (non-hydrogen) atoms. The minimum Gasteiger partial charge on any atom is -0.465 e. The van der Waals surface area contributed by atoms with Crippen LogP contribution in [-0.4, -0.2) is 74.1 Å². The predicted octanol–water partition coefficient (Wildman–Crippen LogP) is 0.654. The maximum atomic E-state index is 12.6. The van der Waals surface area contributed by atoms with E-state index < -0.39 is 0 Å². The molecule has 3 rings (SSSR count). The molecular weight excluding hydrogens is 302 g/mol. The number of piperazine rings is 1. The molecule has 7 heteroatoms. The van der Waals surface area contributed by atoms with E-state index in [1.807, 2.05) is 4.90 Å². The Morgan fingerprint density at radius 1 is 1.23 bits per heavy atom. The lowest BCUT2D eigenvalue weighted by atomic mass is 10.2. The average molecular weight is 323 g/mol. The van der Waals surface area contributed by atoms with Crippen molar-refractivity contribution in [3.8, 4) is 0 Å². The lowest BCUT2D eigenvalue weighted by Gasteiger charge is -2.32. The summed E-state index contributed by atoms with van der Waals surface area (Å²) in [6.45, 7) is 5.73. The number of ether oxygens (including phenoxy) is 1. The van der Waals surface area contributed by atoms with E-state index in [0.29, 0.717) is 15.8 Å². The highest BCUT2D eigenvalue weighted by atomic mass is 32.1. The first-order valence-corrected chi connectivity index (χ1v) is 8.43. The number of rotatable bonds is 3. The number of methoxy groups -OCH3 is 1. The fourth-order valence-electron chi connectivity index (χ4n) is 3.09. The second kappa shape index (κ2) is 6.76. The number of hydrogen-bond acceptors (Lipinski definition) is 6. The SMILES string of the molecule is COC(=O)c1ccc(C(=O)N2CCC(N3CCNCC3)C2)s1. The van der Waals surface area contributed by atoms with Crippen molar-refractivity contribution in [3.05, 3.63) is 21.9 Å². The van der Waals surface area contributed by atoms with E-state index in [4.69, 9.17) is 0 Å². The molecule has 2 saturated heterocycles. The average Bonchev–Trinajstić information content (AvgIpc) is 3.24. The first kappa shape index (κ1) is 15.5. The van der Waals surface area contributed by atoms with Crippen LogP contribution in [0.3, 0.4) is 0 Å². The third-order valence-corrected chi connectivity index (χ3v) is 5.38. The molecule has 0 aliphatic carbocycles. The quantitative estimate of drug-likeness (QED) is 0.828. The number of likely N-dealkylation sites (tertiary alicyclic amines) is 1. The molecule has 3 heterocycles. The summed E-state index contributed by atoms with van der Waals surface area (Å²) in [5.74, 6) is -0.359. The van der Waals surface area contributed by atoms with Crippen LogP contribution < -0.4 is 5.32 Å². The van der Waals surface area contributed by atoms with Crippen LogP contribution >= 0.6 is 11.3 Å². The number of thiophene rings is 1. The number of nitrogens with zero attached hydrogens (tertiary/aromatic N) is 2. The Hall–Kier alpha value is -1.44. The lowest BCUT2D eigenvalue weighted by Crippen LogP contribution is -2.49. The van der Waals surface area contributed by atoms with Gasteiger partial charge in [0.2, 0.25) is 0 Å². The minimum absolute atomic E-state index is 0.0257. The van der Waals surface area contributed by atoms with Crippen molar-refractivity contribution in [1.29, 1.82) is 0 Å². The molecule has 6 nitrogen and oxygen atoms in total. The van der Waals surface area contributed by atoms with Crippen LogP contribution in [0.5, 0.6) is 0 Å². The van der Waals surface area contributed by atoms with Crippen molar-refractivity contribution in [3.63, 3.8) is 0 Å². The van der Waals surface area contributed by atoms with Gasteiger partial charge in [0.15, 0.2) is 0 Å². The van der Waals surface area contributed by atoms with E-state index >= 15 is 0 Å². The van der Waals surface area contributed by atoms with Crippen molar-refractivity contribution in [2.75, 3.05) is 46.4 Å². The largest absolute Gasteiger partial charge is 0.465 e. The number of carbonyl (C=O) groups is 2. The summed E-state index contributed by atoms with van der Waals surface area (Å²) < 4.78 is 4.69. The Bertz CT molecular complexity index is 554. The molecule has 0 bridgehead atoms. The van der Waals surface area contributed by atoms with Crippen LogP contribution in [0.1, 0.15) is 25.8 Å². The highest BCUT2D eigenvalue weighted by Gasteiger charge is 2.32. The van der Waals surface area contributed by atoms with Gasteiger partial charge in [0, 0.05) is 45.3 Å². The maximum Gasteiger partial charge on any atom is 0.348 e. The molecule has 2 aliphatic rings. The second-order valence-electron chi connectivity index (χ2n) is 5.64. The molecule has 2 aliphatic heterocycles. The topological polar surface area (TPSA) is 61.9 Å². The van der Waals surface area contributed by atoms with Gasteiger partial charge in [-0.25, -0.2) is 4.79 Å². The van der Waals surface area contributed by atoms with Crippen molar-refractivity contribution in [2.45, 2.75) is 12.5 Å². The zero-order valence-corrected chi connectivity index (χ0v) is 13.5. The van der Waals surface area contributed by atoms with Crippen LogP contribution in [0.2, 0.25) is 0 Å². The molecule has 1 aromatic heterocycles. The summed E-state index contributed by atoms with van der Waals surface area (Å²) in [5.41, 5.74) is 0. The van der Waals surface area contributed by atoms with Gasteiger partial charge < -0.3 is 15.0 Å². The highest BCUT2D eigenvalue weighted by molar-refractivity contribution is 7.15. The summed E-state index contributed by atoms with van der Waals surface area (Å²) in [6, 6.07) is 3.84. The van der Waals surface area contributed by atoms with E-state index in [9.17, 15) is 9.59 Å². The molecule has 1 aromatic rings. The molecule has 1 N–H and O–H groups in total. The Morgan fingerprint density at radius 2 is 1.95 bits per heavy atom. The third-order valence-electron chi connectivity index (χ3n) is 4.32. The van der Waals surface area contributed by atoms with Crippen molar-refractivity contribution >= 4 is 23.2 Å². The lowest BCUT2D eigenvalue weighted by molar-refractivity contribution is 0.0606. The molecule has 0 saturated carbocycles. The third kappa shape index (κ3) is 3.16. The van der Waals surface area contributed by atoms with Crippen molar-refractivity contribution in [2.24, 2.45) is 0 Å². The number of carbonyl (C=O) groups excluding carboxylic acids is 2. The Balaban J connectivity index is 1.61. The molecule has 1 unspecified atom stereocenters. The Morgan fingerprint density at radius 3 is 2.68 bits per heavy atom. The summed E-state index contributed by atoms with van der Waals surface area (Å²) >= 11 is 1.21. The van der Waals surface area contributed by atoms with Crippen molar-refractivity contribution in [1.82, 2.24) is 15.1 Å². The number of amides is 1. The molecule has 120 valence electrons.